The number of carbonyl (C=O) groups is 6. The van der Waals surface area contributed by atoms with Gasteiger partial charge in [-0.25, -0.2) is 32.9 Å². The minimum Gasteiger partial charge on any atom is -0.270 e. The van der Waals surface area contributed by atoms with Crippen molar-refractivity contribution in [1.29, 1.82) is 0 Å². The fourth-order valence-electron chi connectivity index (χ4n) is 1.70. The third kappa shape index (κ3) is 10.5. The van der Waals surface area contributed by atoms with E-state index in [-0.39, 0.29) is 0 Å². The van der Waals surface area contributed by atoms with E-state index in [0.29, 0.717) is 0 Å². The Balaban J connectivity index is 2.83. The van der Waals surface area contributed by atoms with Gasteiger partial charge >= 0.3 is 0 Å². The van der Waals surface area contributed by atoms with E-state index in [1.54, 1.807) is 0 Å². The van der Waals surface area contributed by atoms with Crippen LogP contribution in [0.25, 0.3) is 0 Å². The summed E-state index contributed by atoms with van der Waals surface area (Å²) in [6.07, 6.45) is -7.61. The largest absolute Gasteiger partial charge is 0.275 e. The molecule has 0 aromatic rings. The van der Waals surface area contributed by atoms with Crippen molar-refractivity contribution in [3.8, 4) is 0 Å². The van der Waals surface area contributed by atoms with Crippen molar-refractivity contribution in [1.82, 2.24) is 32.9 Å². The second kappa shape index (κ2) is 14.9. The van der Waals surface area contributed by atoms with Crippen LogP contribution in [0, 0.1) is 0 Å². The molecule has 0 aromatic carbocycles. The van der Waals surface area contributed by atoms with Gasteiger partial charge in [0.1, 0.15) is 0 Å². The first-order chi connectivity index (χ1) is 16.8. The minimum atomic E-state index is -1.27. The summed E-state index contributed by atoms with van der Waals surface area (Å²) in [6.45, 7) is 7.59. The molecule has 6 N–H and O–H groups in total. The lowest BCUT2D eigenvalue weighted by Crippen LogP contribution is -2.48. The number of nitrogens with one attached hydrogen (secondary N) is 6. The highest BCUT2D eigenvalue weighted by atomic mass is 16.7. The quantitative estimate of drug-likeness (QED) is 0.183. The lowest BCUT2D eigenvalue weighted by Gasteiger charge is -2.20. The average molecular weight is 522 g/mol. The normalized spacial score (nSPS) is 31.5. The Hall–Kier alpha value is -3.42. The number of hydrogen-bond donors (Lipinski definition) is 6. The smallest absolute Gasteiger partial charge is 0.270 e. The van der Waals surface area contributed by atoms with Crippen LogP contribution in [0.1, 0.15) is 41.5 Å². The summed E-state index contributed by atoms with van der Waals surface area (Å²) in [7, 11) is 0. The lowest BCUT2D eigenvalue weighted by atomic mass is 10.4. The highest BCUT2D eigenvalue weighted by Gasteiger charge is 2.25. The maximum Gasteiger partial charge on any atom is 0.275 e. The molecule has 1 fully saturated rings. The van der Waals surface area contributed by atoms with Crippen molar-refractivity contribution in [2.24, 2.45) is 0 Å². The summed E-state index contributed by atoms with van der Waals surface area (Å²) in [6, 6.07) is 0. The molecule has 0 bridgehead atoms. The number of amides is 6. The fraction of sp³-hybridized carbons (Fsp3) is 0.667. The predicted octanol–water partition coefficient (Wildman–Crippen LogP) is -3.38. The van der Waals surface area contributed by atoms with E-state index in [9.17, 15) is 28.8 Å². The molecule has 18 heteroatoms. The van der Waals surface area contributed by atoms with Crippen LogP contribution in [0.4, 0.5) is 0 Å². The SMILES string of the molecule is CC1ONC(=O)[C@H](C)ONC(=O)[C@@H](C)ONC(=O)[C@H](C)ONC(=O)[C@@H](C)ONC(=O)[C@H](C)ONC1=O. The molecular formula is C18H30N6O12. The van der Waals surface area contributed by atoms with E-state index in [1.807, 2.05) is 32.9 Å². The molecule has 1 aliphatic heterocycles. The van der Waals surface area contributed by atoms with Gasteiger partial charge in [0.15, 0.2) is 36.6 Å². The highest BCUT2D eigenvalue weighted by Crippen LogP contribution is 1.98. The van der Waals surface area contributed by atoms with Gasteiger partial charge in [0.25, 0.3) is 35.4 Å². The zero-order valence-electron chi connectivity index (χ0n) is 20.4. The van der Waals surface area contributed by atoms with Gasteiger partial charge in [0.05, 0.1) is 0 Å². The summed E-state index contributed by atoms with van der Waals surface area (Å²) in [5, 5.41) is 0. The summed E-state index contributed by atoms with van der Waals surface area (Å²) in [5.74, 6) is -5.17. The van der Waals surface area contributed by atoms with Crippen molar-refractivity contribution in [2.45, 2.75) is 78.2 Å². The highest BCUT2D eigenvalue weighted by molar-refractivity contribution is 5.84. The Morgan fingerprint density at radius 1 is 0.333 bits per heavy atom. The molecule has 0 saturated carbocycles. The topological polar surface area (TPSA) is 230 Å². The number of hydroxylamine groups is 6. The number of hydrogen-bond acceptors (Lipinski definition) is 12. The van der Waals surface area contributed by atoms with Crippen molar-refractivity contribution in [3.63, 3.8) is 0 Å². The van der Waals surface area contributed by atoms with Crippen LogP contribution in [0.15, 0.2) is 0 Å². The van der Waals surface area contributed by atoms with Gasteiger partial charge in [-0.2, -0.15) is 0 Å². The lowest BCUT2D eigenvalue weighted by molar-refractivity contribution is -0.174. The van der Waals surface area contributed by atoms with Crippen LogP contribution in [0.2, 0.25) is 0 Å². The van der Waals surface area contributed by atoms with Crippen LogP contribution in [-0.4, -0.2) is 72.1 Å². The maximum atomic E-state index is 12.0. The second-order valence-electron chi connectivity index (χ2n) is 7.36. The van der Waals surface area contributed by atoms with E-state index >= 15 is 0 Å². The Labute approximate surface area is 205 Å². The molecule has 0 aromatic heterocycles. The van der Waals surface area contributed by atoms with E-state index in [4.69, 9.17) is 29.0 Å². The van der Waals surface area contributed by atoms with E-state index < -0.39 is 72.1 Å². The van der Waals surface area contributed by atoms with Crippen molar-refractivity contribution >= 4 is 35.4 Å². The van der Waals surface area contributed by atoms with Crippen LogP contribution in [0.5, 0.6) is 0 Å². The van der Waals surface area contributed by atoms with Gasteiger partial charge in [-0.3, -0.25) is 57.8 Å². The maximum absolute atomic E-state index is 12.0. The number of carbonyl (C=O) groups excluding carboxylic acids is 6. The van der Waals surface area contributed by atoms with Gasteiger partial charge < -0.3 is 0 Å². The summed E-state index contributed by atoms with van der Waals surface area (Å²) < 4.78 is 0. The Morgan fingerprint density at radius 3 is 0.556 bits per heavy atom. The third-order valence-corrected chi connectivity index (χ3v) is 4.23. The zero-order valence-corrected chi connectivity index (χ0v) is 20.4. The van der Waals surface area contributed by atoms with Crippen LogP contribution < -0.4 is 32.9 Å². The van der Waals surface area contributed by atoms with Crippen LogP contribution in [-0.2, 0) is 57.8 Å². The number of rotatable bonds is 0. The Morgan fingerprint density at radius 2 is 0.444 bits per heavy atom. The molecule has 0 radical (unpaired) electrons. The first-order valence-corrected chi connectivity index (χ1v) is 10.6. The molecule has 6 atom stereocenters. The van der Waals surface area contributed by atoms with E-state index in [0.717, 1.165) is 0 Å². The molecule has 6 amide bonds. The molecule has 18 nitrogen and oxygen atoms in total. The van der Waals surface area contributed by atoms with E-state index in [1.165, 1.54) is 41.5 Å². The molecule has 36 heavy (non-hydrogen) atoms. The summed E-state index contributed by atoms with van der Waals surface area (Å²) in [4.78, 5) is 101. The molecule has 1 aliphatic rings. The molecule has 1 unspecified atom stereocenters. The minimum absolute atomic E-state index is 0.862. The predicted molar refractivity (Wildman–Crippen MR) is 112 cm³/mol. The van der Waals surface area contributed by atoms with Crippen LogP contribution in [0.3, 0.4) is 0 Å². The van der Waals surface area contributed by atoms with Crippen molar-refractivity contribution in [3.05, 3.63) is 0 Å². The molecular weight excluding hydrogens is 492 g/mol. The first kappa shape index (κ1) is 30.6. The van der Waals surface area contributed by atoms with Gasteiger partial charge in [0.2, 0.25) is 0 Å². The first-order valence-electron chi connectivity index (χ1n) is 10.6. The van der Waals surface area contributed by atoms with E-state index in [2.05, 4.69) is 0 Å². The van der Waals surface area contributed by atoms with Crippen LogP contribution >= 0.6 is 0 Å². The standard InChI is InChI=1S/C18H30N6O12/c1-7-13(25)19-32-9(3)15(27)21-34-11(5)17(29)23-36-12(6)18(30)24-35-10(4)16(28)22-33-8(2)14(26)20-31-7/h7-12H,1-6H3,(H,19,25)(H,20,26)(H,21,27)(H,22,28)(H,23,29)(H,24,30)/t7-,8+,9+,10-,11-,12?/m0/s1. The fourth-order valence-corrected chi connectivity index (χ4v) is 1.70. The molecule has 1 rings (SSSR count). The molecule has 0 spiro atoms. The molecule has 0 aliphatic carbocycles. The second-order valence-corrected chi connectivity index (χ2v) is 7.36. The monoisotopic (exact) mass is 522 g/mol. The average Bonchev–Trinajstić information content (AvgIpc) is 2.86. The van der Waals surface area contributed by atoms with Gasteiger partial charge in [-0.05, 0) is 41.5 Å². The Kier molecular flexibility index (Phi) is 12.6. The van der Waals surface area contributed by atoms with Gasteiger partial charge in [-0.15, -0.1) is 0 Å². The van der Waals surface area contributed by atoms with Crippen molar-refractivity contribution in [2.75, 3.05) is 0 Å². The summed E-state index contributed by atoms with van der Waals surface area (Å²) in [5.41, 5.74) is 11.7. The van der Waals surface area contributed by atoms with Gasteiger partial charge in [-0.1, -0.05) is 0 Å². The zero-order chi connectivity index (χ0) is 27.4. The van der Waals surface area contributed by atoms with Crippen molar-refractivity contribution < 1.29 is 57.8 Å². The Bertz CT molecular complexity index is 656. The third-order valence-electron chi connectivity index (χ3n) is 4.23. The van der Waals surface area contributed by atoms with Gasteiger partial charge in [0, 0.05) is 0 Å². The summed E-state index contributed by atoms with van der Waals surface area (Å²) >= 11 is 0. The molecule has 1 heterocycles. The molecule has 204 valence electrons. The molecule has 1 saturated heterocycles.